The molecule has 0 saturated heterocycles. The van der Waals surface area contributed by atoms with Crippen molar-refractivity contribution in [2.24, 2.45) is 7.05 Å². The summed E-state index contributed by atoms with van der Waals surface area (Å²) in [6.45, 7) is 1.88. The number of rotatable bonds is 2. The van der Waals surface area contributed by atoms with Crippen LogP contribution in [0.5, 0.6) is 0 Å². The van der Waals surface area contributed by atoms with Crippen molar-refractivity contribution in [2.75, 3.05) is 0 Å². The van der Waals surface area contributed by atoms with Gasteiger partial charge in [0.1, 0.15) is 7.05 Å². The van der Waals surface area contributed by atoms with Gasteiger partial charge in [0.15, 0.2) is 6.20 Å². The van der Waals surface area contributed by atoms with Gasteiger partial charge >= 0.3 is 0 Å². The largest absolute Gasteiger partial charge is 0.212 e. The first-order valence-electron chi connectivity index (χ1n) is 8.94. The second-order valence-corrected chi connectivity index (χ2v) is 5.78. The van der Waals surface area contributed by atoms with Crippen LogP contribution in [0.15, 0.2) is 60.8 Å². The maximum Gasteiger partial charge on any atom is 0.212 e. The molecule has 3 rings (SSSR count). The van der Waals surface area contributed by atoms with Crippen LogP contribution in [0.3, 0.4) is 0 Å². The summed E-state index contributed by atoms with van der Waals surface area (Å²) in [4.78, 5) is 0. The van der Waals surface area contributed by atoms with Gasteiger partial charge in [0.05, 0.1) is 0 Å². The predicted octanol–water partition coefficient (Wildman–Crippen LogP) is 4.77. The van der Waals surface area contributed by atoms with Gasteiger partial charge in [-0.3, -0.25) is 0 Å². The third-order valence-electron chi connectivity index (χ3n) is 4.01. The Morgan fingerprint density at radius 2 is 1.64 bits per heavy atom. The first-order valence-corrected chi connectivity index (χ1v) is 7.44. The van der Waals surface area contributed by atoms with Gasteiger partial charge in [-0.15, -0.1) is 0 Å². The van der Waals surface area contributed by atoms with Crippen molar-refractivity contribution in [3.05, 3.63) is 77.5 Å². The molecule has 0 aliphatic heterocycles. The molecular formula is C21H22N+. The molecule has 0 fully saturated rings. The van der Waals surface area contributed by atoms with Crippen molar-refractivity contribution in [1.29, 1.82) is 0 Å². The Bertz CT molecular complexity index is 912. The highest BCUT2D eigenvalue weighted by atomic mass is 14.9. The summed E-state index contributed by atoms with van der Waals surface area (Å²) in [5.74, 6) is 0. The molecule has 0 saturated carbocycles. The normalized spacial score (nSPS) is 13.3. The van der Waals surface area contributed by atoms with Crippen LogP contribution < -0.4 is 4.57 Å². The number of hydrogen-bond donors (Lipinski definition) is 0. The summed E-state index contributed by atoms with van der Waals surface area (Å²) in [6, 6.07) is 17.7. The number of benzene rings is 2. The van der Waals surface area contributed by atoms with Gasteiger partial charge in [-0.1, -0.05) is 36.4 Å². The lowest BCUT2D eigenvalue weighted by Gasteiger charge is -2.12. The van der Waals surface area contributed by atoms with E-state index < -0.39 is 6.85 Å². The fraction of sp³-hybridized carbons (Fsp3) is 0.190. The summed E-state index contributed by atoms with van der Waals surface area (Å²) >= 11 is 0. The molecule has 0 aliphatic carbocycles. The molecule has 1 aromatic heterocycles. The van der Waals surface area contributed by atoms with Crippen LogP contribution >= 0.6 is 0 Å². The average molecular weight is 291 g/mol. The minimum atomic E-state index is -2.15. The van der Waals surface area contributed by atoms with E-state index in [1.807, 2.05) is 56.4 Å². The van der Waals surface area contributed by atoms with Crippen LogP contribution in [0, 0.1) is 20.7 Å². The first kappa shape index (κ1) is 11.2. The molecule has 0 aliphatic rings. The molecule has 0 spiro atoms. The Morgan fingerprint density at radius 1 is 0.864 bits per heavy atom. The van der Waals surface area contributed by atoms with E-state index in [-0.39, 0.29) is 0 Å². The molecule has 22 heavy (non-hydrogen) atoms. The lowest BCUT2D eigenvalue weighted by atomic mass is 9.93. The molecule has 0 amide bonds. The minimum absolute atomic E-state index is 0.398. The summed E-state index contributed by atoms with van der Waals surface area (Å²) in [5, 5.41) is 0. The number of aryl methyl sites for hydroxylation is 4. The molecule has 0 unspecified atom stereocenters. The molecule has 1 nitrogen and oxygen atoms in total. The fourth-order valence-corrected chi connectivity index (χ4v) is 2.87. The molecule has 0 radical (unpaired) electrons. The molecule has 2 aromatic carbocycles. The summed E-state index contributed by atoms with van der Waals surface area (Å²) in [6.07, 6.45) is 2.08. The van der Waals surface area contributed by atoms with Gasteiger partial charge in [0, 0.05) is 21.3 Å². The maximum atomic E-state index is 7.93. The van der Waals surface area contributed by atoms with E-state index in [0.717, 1.165) is 27.9 Å². The Hall–Kier alpha value is -2.41. The number of nitrogens with zero attached hydrogens (tertiary/aromatic N) is 1. The molecule has 0 bridgehead atoms. The second-order valence-electron chi connectivity index (χ2n) is 5.78. The van der Waals surface area contributed by atoms with E-state index in [0.29, 0.717) is 5.56 Å². The Balaban J connectivity index is 2.29. The van der Waals surface area contributed by atoms with Crippen LogP contribution in [0.25, 0.3) is 22.4 Å². The molecule has 0 atom stereocenters. The zero-order valence-corrected chi connectivity index (χ0v) is 13.2. The van der Waals surface area contributed by atoms with Gasteiger partial charge in [0.2, 0.25) is 5.69 Å². The fourth-order valence-electron chi connectivity index (χ4n) is 2.87. The molecule has 1 heteroatoms. The highest BCUT2D eigenvalue weighted by molar-refractivity contribution is 5.75. The van der Waals surface area contributed by atoms with Gasteiger partial charge in [0.25, 0.3) is 0 Å². The summed E-state index contributed by atoms with van der Waals surface area (Å²) in [7, 11) is 2.02. The molecule has 0 N–H and O–H groups in total. The lowest BCUT2D eigenvalue weighted by molar-refractivity contribution is -0.660. The highest BCUT2D eigenvalue weighted by Gasteiger charge is 2.15. The van der Waals surface area contributed by atoms with Crippen molar-refractivity contribution in [2.45, 2.75) is 20.7 Å². The van der Waals surface area contributed by atoms with E-state index in [2.05, 4.69) is 29.8 Å². The van der Waals surface area contributed by atoms with Crippen molar-refractivity contribution < 1.29 is 8.68 Å². The van der Waals surface area contributed by atoms with Gasteiger partial charge < -0.3 is 0 Å². The van der Waals surface area contributed by atoms with E-state index in [1.165, 1.54) is 5.56 Å². The SMILES string of the molecule is [2H]C([2H])([2H])c1cc(C)c(-c2ccc(C)c[n+]2C)cc1-c1ccccc1. The topological polar surface area (TPSA) is 3.88 Å². The van der Waals surface area contributed by atoms with Gasteiger partial charge in [-0.2, -0.15) is 0 Å². The Morgan fingerprint density at radius 3 is 2.32 bits per heavy atom. The standard InChI is InChI=1S/C21H22N/c1-15-10-11-21(22(4)14-15)20-13-19(16(2)12-17(20)3)18-8-6-5-7-9-18/h5-14H,1-4H3/q+1/i2D3. The lowest BCUT2D eigenvalue weighted by Crippen LogP contribution is -2.31. The van der Waals surface area contributed by atoms with E-state index in [9.17, 15) is 0 Å². The highest BCUT2D eigenvalue weighted by Crippen LogP contribution is 2.30. The zero-order valence-electron chi connectivity index (χ0n) is 16.2. The molecule has 110 valence electrons. The minimum Gasteiger partial charge on any atom is -0.201 e. The average Bonchev–Trinajstić information content (AvgIpc) is 2.55. The van der Waals surface area contributed by atoms with Crippen molar-refractivity contribution >= 4 is 0 Å². The molecule has 1 heterocycles. The Kier molecular flexibility index (Phi) is 2.93. The van der Waals surface area contributed by atoms with Crippen LogP contribution in [0.4, 0.5) is 0 Å². The number of pyridine rings is 1. The molecular weight excluding hydrogens is 266 g/mol. The quantitative estimate of drug-likeness (QED) is 0.599. The van der Waals surface area contributed by atoms with Crippen molar-refractivity contribution in [3.63, 3.8) is 0 Å². The number of aromatic nitrogens is 1. The maximum absolute atomic E-state index is 7.93. The van der Waals surface area contributed by atoms with Gasteiger partial charge in [-0.05, 0) is 55.1 Å². The van der Waals surface area contributed by atoms with E-state index >= 15 is 0 Å². The second kappa shape index (κ2) is 5.76. The van der Waals surface area contributed by atoms with Crippen LogP contribution in [0.2, 0.25) is 0 Å². The van der Waals surface area contributed by atoms with E-state index in [4.69, 9.17) is 4.11 Å². The van der Waals surface area contributed by atoms with E-state index in [1.54, 1.807) is 0 Å². The summed E-state index contributed by atoms with van der Waals surface area (Å²) < 4.78 is 25.9. The third-order valence-corrected chi connectivity index (χ3v) is 4.01. The van der Waals surface area contributed by atoms with Crippen molar-refractivity contribution in [3.8, 4) is 22.4 Å². The molecule has 3 aromatic rings. The van der Waals surface area contributed by atoms with Gasteiger partial charge in [-0.25, -0.2) is 4.57 Å². The first-order chi connectivity index (χ1) is 11.8. The Labute approximate surface area is 137 Å². The number of hydrogen-bond acceptors (Lipinski definition) is 0. The smallest absolute Gasteiger partial charge is 0.201 e. The van der Waals surface area contributed by atoms with Crippen LogP contribution in [-0.2, 0) is 7.05 Å². The van der Waals surface area contributed by atoms with Crippen molar-refractivity contribution in [1.82, 2.24) is 0 Å². The zero-order chi connectivity index (χ0) is 18.2. The third kappa shape index (κ3) is 2.67. The van der Waals surface area contributed by atoms with Crippen LogP contribution in [0.1, 0.15) is 20.8 Å². The van der Waals surface area contributed by atoms with Crippen LogP contribution in [-0.4, -0.2) is 0 Å². The predicted molar refractivity (Wildman–Crippen MR) is 92.7 cm³/mol. The monoisotopic (exact) mass is 291 g/mol. The summed E-state index contributed by atoms with van der Waals surface area (Å²) in [5.41, 5.74) is 6.35.